The van der Waals surface area contributed by atoms with Gasteiger partial charge in [-0.2, -0.15) is 5.10 Å². The van der Waals surface area contributed by atoms with Crippen LogP contribution in [0.15, 0.2) is 17.3 Å². The Morgan fingerprint density at radius 2 is 2.05 bits per heavy atom. The zero-order chi connectivity index (χ0) is 14.8. The van der Waals surface area contributed by atoms with Crippen LogP contribution in [0.4, 0.5) is 0 Å². The predicted molar refractivity (Wildman–Crippen MR) is 70.0 cm³/mol. The molecule has 8 nitrogen and oxygen atoms in total. The third-order valence-corrected chi connectivity index (χ3v) is 4.26. The van der Waals surface area contributed by atoms with Crippen molar-refractivity contribution >= 4 is 10.0 Å². The first-order chi connectivity index (χ1) is 9.44. The molecule has 0 aliphatic rings. The Morgan fingerprint density at radius 3 is 2.65 bits per heavy atom. The molecule has 0 aromatic carbocycles. The van der Waals surface area contributed by atoms with Crippen molar-refractivity contribution in [3.63, 3.8) is 0 Å². The van der Waals surface area contributed by atoms with E-state index in [1.165, 1.54) is 6.20 Å². The van der Waals surface area contributed by atoms with Gasteiger partial charge in [-0.15, -0.1) is 0 Å². The molecule has 3 N–H and O–H groups in total. The lowest BCUT2D eigenvalue weighted by Gasteiger charge is -2.07. The highest BCUT2D eigenvalue weighted by Gasteiger charge is 2.23. The minimum absolute atomic E-state index is 0.0190. The number of aliphatic hydroxyl groups excluding tert-OH is 1. The number of H-pyrrole nitrogens is 1. The molecule has 2 aromatic heterocycles. The van der Waals surface area contributed by atoms with Crippen molar-refractivity contribution in [1.29, 1.82) is 0 Å². The van der Waals surface area contributed by atoms with Crippen LogP contribution >= 0.6 is 0 Å². The molecule has 0 aliphatic heterocycles. The van der Waals surface area contributed by atoms with Crippen molar-refractivity contribution in [3.8, 4) is 0 Å². The second kappa shape index (κ2) is 5.65. The van der Waals surface area contributed by atoms with Crippen LogP contribution in [0.5, 0.6) is 0 Å². The van der Waals surface area contributed by atoms with E-state index in [0.29, 0.717) is 11.4 Å². The second-order valence-electron chi connectivity index (χ2n) is 4.26. The van der Waals surface area contributed by atoms with Crippen LogP contribution in [0.3, 0.4) is 0 Å². The molecule has 0 fully saturated rings. The number of aromatic nitrogens is 4. The van der Waals surface area contributed by atoms with Gasteiger partial charge in [0.1, 0.15) is 10.6 Å². The summed E-state index contributed by atoms with van der Waals surface area (Å²) < 4.78 is 26.8. The Hall–Kier alpha value is -1.84. The molecule has 0 atom stereocenters. The number of nitrogens with one attached hydrogen (secondary N) is 2. The monoisotopic (exact) mass is 297 g/mol. The lowest BCUT2D eigenvalue weighted by Crippen LogP contribution is -2.25. The highest BCUT2D eigenvalue weighted by Crippen LogP contribution is 2.17. The topological polar surface area (TPSA) is 121 Å². The summed E-state index contributed by atoms with van der Waals surface area (Å²) in [5.74, 6) is 0. The molecule has 0 aliphatic carbocycles. The summed E-state index contributed by atoms with van der Waals surface area (Å²) in [6.45, 7) is 2.94. The molecular formula is C11H15N5O3S. The van der Waals surface area contributed by atoms with Crippen LogP contribution in [-0.4, -0.2) is 33.7 Å². The molecule has 20 heavy (non-hydrogen) atoms. The molecule has 0 saturated heterocycles. The van der Waals surface area contributed by atoms with Gasteiger partial charge in [-0.1, -0.05) is 0 Å². The minimum atomic E-state index is -3.77. The first-order valence-electron chi connectivity index (χ1n) is 5.86. The van der Waals surface area contributed by atoms with E-state index in [4.69, 9.17) is 5.11 Å². The fourth-order valence-corrected chi connectivity index (χ4v) is 3.04. The van der Waals surface area contributed by atoms with Crippen molar-refractivity contribution in [3.05, 3.63) is 35.2 Å². The summed E-state index contributed by atoms with van der Waals surface area (Å²) in [6.07, 6.45) is 3.07. The Kier molecular flexibility index (Phi) is 4.12. The summed E-state index contributed by atoms with van der Waals surface area (Å²) in [4.78, 5) is 8.08. The Balaban J connectivity index is 2.19. The van der Waals surface area contributed by atoms with Gasteiger partial charge in [0.05, 0.1) is 36.4 Å². The fraction of sp³-hybridized carbons (Fsp3) is 0.364. The number of hydrogen-bond donors (Lipinski definition) is 3. The van der Waals surface area contributed by atoms with Crippen LogP contribution in [0.25, 0.3) is 0 Å². The maximum atomic E-state index is 12.2. The smallest absolute Gasteiger partial charge is 0.244 e. The summed E-state index contributed by atoms with van der Waals surface area (Å²) in [5, 5.41) is 15.4. The number of aryl methyl sites for hydroxylation is 2. The standard InChI is InChI=1S/C11H15N5O3S/c1-7-3-13-9(4-12-7)5-14-20(18,19)11-8(2)15-16-10(11)6-17/h3-4,14,17H,5-6H2,1-2H3,(H,15,16). The normalized spacial score (nSPS) is 11.8. The third-order valence-electron chi connectivity index (χ3n) is 2.66. The van der Waals surface area contributed by atoms with Gasteiger partial charge in [-0.25, -0.2) is 13.1 Å². The molecule has 2 heterocycles. The SMILES string of the molecule is Cc1cnc(CNS(=O)(=O)c2c(CO)n[nH]c2C)cn1. The zero-order valence-corrected chi connectivity index (χ0v) is 11.9. The van der Waals surface area contributed by atoms with Crippen molar-refractivity contribution in [2.45, 2.75) is 31.9 Å². The highest BCUT2D eigenvalue weighted by molar-refractivity contribution is 7.89. The summed E-state index contributed by atoms with van der Waals surface area (Å²) >= 11 is 0. The highest BCUT2D eigenvalue weighted by atomic mass is 32.2. The van der Waals surface area contributed by atoms with E-state index in [2.05, 4.69) is 24.9 Å². The van der Waals surface area contributed by atoms with Crippen LogP contribution < -0.4 is 4.72 Å². The Labute approximate surface area is 116 Å². The molecule has 2 aromatic rings. The number of aromatic amines is 1. The maximum absolute atomic E-state index is 12.2. The molecule has 0 spiro atoms. The largest absolute Gasteiger partial charge is 0.390 e. The Morgan fingerprint density at radius 1 is 1.30 bits per heavy atom. The van der Waals surface area contributed by atoms with E-state index in [1.807, 2.05) is 0 Å². The quantitative estimate of drug-likeness (QED) is 0.702. The molecule has 2 rings (SSSR count). The number of aliphatic hydroxyl groups is 1. The molecule has 108 valence electrons. The lowest BCUT2D eigenvalue weighted by molar-refractivity contribution is 0.273. The van der Waals surface area contributed by atoms with Crippen LogP contribution in [0, 0.1) is 13.8 Å². The third kappa shape index (κ3) is 3.00. The van der Waals surface area contributed by atoms with E-state index in [1.54, 1.807) is 20.0 Å². The maximum Gasteiger partial charge on any atom is 0.244 e. The van der Waals surface area contributed by atoms with Crippen LogP contribution in [-0.2, 0) is 23.2 Å². The molecular weight excluding hydrogens is 282 g/mol. The first-order valence-corrected chi connectivity index (χ1v) is 7.34. The molecule has 0 saturated carbocycles. The Bertz CT molecular complexity index is 693. The average molecular weight is 297 g/mol. The van der Waals surface area contributed by atoms with Gasteiger partial charge in [0.2, 0.25) is 10.0 Å². The van der Waals surface area contributed by atoms with Crippen molar-refractivity contribution in [1.82, 2.24) is 24.9 Å². The van der Waals surface area contributed by atoms with E-state index in [-0.39, 0.29) is 17.1 Å². The molecule has 0 radical (unpaired) electrons. The molecule has 0 unspecified atom stereocenters. The number of nitrogens with zero attached hydrogens (tertiary/aromatic N) is 3. The van der Waals surface area contributed by atoms with Gasteiger partial charge >= 0.3 is 0 Å². The number of hydrogen-bond acceptors (Lipinski definition) is 6. The molecule has 0 bridgehead atoms. The van der Waals surface area contributed by atoms with E-state index < -0.39 is 16.6 Å². The predicted octanol–water partition coefficient (Wildman–Crippen LogP) is -0.213. The first kappa shape index (κ1) is 14.6. The van der Waals surface area contributed by atoms with Crippen LogP contribution in [0.2, 0.25) is 0 Å². The van der Waals surface area contributed by atoms with Gasteiger partial charge < -0.3 is 5.11 Å². The van der Waals surface area contributed by atoms with Gasteiger partial charge in [0, 0.05) is 6.20 Å². The number of rotatable bonds is 5. The summed E-state index contributed by atoms with van der Waals surface area (Å²) in [5.41, 5.74) is 1.72. The number of sulfonamides is 1. The fourth-order valence-electron chi connectivity index (χ4n) is 1.68. The van der Waals surface area contributed by atoms with E-state index in [0.717, 1.165) is 5.69 Å². The van der Waals surface area contributed by atoms with E-state index >= 15 is 0 Å². The van der Waals surface area contributed by atoms with Gasteiger partial charge in [-0.05, 0) is 13.8 Å². The van der Waals surface area contributed by atoms with Gasteiger partial charge in [0.25, 0.3) is 0 Å². The van der Waals surface area contributed by atoms with Crippen molar-refractivity contribution in [2.24, 2.45) is 0 Å². The van der Waals surface area contributed by atoms with Crippen LogP contribution in [0.1, 0.15) is 22.8 Å². The van der Waals surface area contributed by atoms with Gasteiger partial charge in [0.15, 0.2) is 0 Å². The van der Waals surface area contributed by atoms with Gasteiger partial charge in [-0.3, -0.25) is 15.1 Å². The second-order valence-corrected chi connectivity index (χ2v) is 5.96. The summed E-state index contributed by atoms with van der Waals surface area (Å²) in [7, 11) is -3.77. The minimum Gasteiger partial charge on any atom is -0.390 e. The molecule has 0 amide bonds. The summed E-state index contributed by atoms with van der Waals surface area (Å²) in [6, 6.07) is 0. The van der Waals surface area contributed by atoms with E-state index in [9.17, 15) is 8.42 Å². The molecule has 9 heteroatoms. The zero-order valence-electron chi connectivity index (χ0n) is 11.1. The van der Waals surface area contributed by atoms with Crippen molar-refractivity contribution in [2.75, 3.05) is 0 Å². The average Bonchev–Trinajstić information content (AvgIpc) is 2.80. The lowest BCUT2D eigenvalue weighted by atomic mass is 10.4. The van der Waals surface area contributed by atoms with Crippen molar-refractivity contribution < 1.29 is 13.5 Å².